The first kappa shape index (κ1) is 12.7. The zero-order chi connectivity index (χ0) is 12.7. The lowest BCUT2D eigenvalue weighted by atomic mass is 10.1. The van der Waals surface area contributed by atoms with Crippen molar-refractivity contribution in [2.75, 3.05) is 0 Å². The second kappa shape index (κ2) is 6.26. The molecule has 0 unspecified atom stereocenters. The number of oxime groups is 1. The van der Waals surface area contributed by atoms with Crippen LogP contribution in [0.3, 0.4) is 0 Å². The van der Waals surface area contributed by atoms with Crippen molar-refractivity contribution in [2.45, 2.75) is 13.5 Å². The normalized spacial score (nSPS) is 10.8. The van der Waals surface area contributed by atoms with Crippen LogP contribution < -0.4 is 5.73 Å². The second-order valence-electron chi connectivity index (χ2n) is 3.16. The van der Waals surface area contributed by atoms with Gasteiger partial charge < -0.3 is 15.3 Å². The molecule has 0 saturated heterocycles. The van der Waals surface area contributed by atoms with E-state index in [1.807, 2.05) is 0 Å². The van der Waals surface area contributed by atoms with E-state index >= 15 is 0 Å². The smallest absolute Gasteiger partial charge is 0.332 e. The van der Waals surface area contributed by atoms with Crippen LogP contribution in [0.1, 0.15) is 18.1 Å². The largest absolute Gasteiger partial charge is 0.463 e. The summed E-state index contributed by atoms with van der Waals surface area (Å²) in [4.78, 5) is 24.9. The van der Waals surface area contributed by atoms with E-state index in [2.05, 4.69) is 14.7 Å². The van der Waals surface area contributed by atoms with Gasteiger partial charge in [0.2, 0.25) is 0 Å². The highest BCUT2D eigenvalue weighted by Crippen LogP contribution is 2.05. The van der Waals surface area contributed by atoms with Gasteiger partial charge in [-0.15, -0.1) is 0 Å². The van der Waals surface area contributed by atoms with Crippen LogP contribution in [0.4, 0.5) is 0 Å². The Labute approximate surface area is 98.0 Å². The van der Waals surface area contributed by atoms with E-state index in [1.165, 1.54) is 6.92 Å². The van der Waals surface area contributed by atoms with E-state index < -0.39 is 5.97 Å². The SMILES string of the molecule is CC(=O)ON=C(N)c1ccc(COC=O)cc1. The molecule has 0 heterocycles. The van der Waals surface area contributed by atoms with Crippen LogP contribution in [0.5, 0.6) is 0 Å². The summed E-state index contributed by atoms with van der Waals surface area (Å²) in [6, 6.07) is 6.83. The maximum Gasteiger partial charge on any atom is 0.332 e. The average molecular weight is 236 g/mol. The molecule has 2 N–H and O–H groups in total. The van der Waals surface area contributed by atoms with Crippen molar-refractivity contribution < 1.29 is 19.2 Å². The third-order valence-corrected chi connectivity index (χ3v) is 1.84. The number of carbonyl (C=O) groups is 2. The van der Waals surface area contributed by atoms with Crippen molar-refractivity contribution in [1.29, 1.82) is 0 Å². The fourth-order valence-corrected chi connectivity index (χ4v) is 1.07. The highest BCUT2D eigenvalue weighted by atomic mass is 16.7. The number of hydrogen-bond donors (Lipinski definition) is 1. The number of amidine groups is 1. The molecule has 1 rings (SSSR count). The number of benzene rings is 1. The minimum atomic E-state index is -0.538. The van der Waals surface area contributed by atoms with Crippen molar-refractivity contribution >= 4 is 18.3 Å². The van der Waals surface area contributed by atoms with Crippen molar-refractivity contribution in [3.05, 3.63) is 35.4 Å². The molecule has 0 atom stereocenters. The summed E-state index contributed by atoms with van der Waals surface area (Å²) in [5.41, 5.74) is 7.01. The minimum Gasteiger partial charge on any atom is -0.463 e. The lowest BCUT2D eigenvalue weighted by Gasteiger charge is -2.02. The summed E-state index contributed by atoms with van der Waals surface area (Å²) in [6.07, 6.45) is 0. The van der Waals surface area contributed by atoms with Gasteiger partial charge in [0, 0.05) is 12.5 Å². The number of hydrogen-bond acceptors (Lipinski definition) is 5. The molecule has 0 bridgehead atoms. The van der Waals surface area contributed by atoms with Gasteiger partial charge in [-0.2, -0.15) is 0 Å². The lowest BCUT2D eigenvalue weighted by Crippen LogP contribution is -2.14. The maximum absolute atomic E-state index is 10.5. The molecule has 1 aromatic carbocycles. The van der Waals surface area contributed by atoms with E-state index in [1.54, 1.807) is 24.3 Å². The number of nitrogens with two attached hydrogens (primary N) is 1. The minimum absolute atomic E-state index is 0.100. The van der Waals surface area contributed by atoms with Crippen molar-refractivity contribution in [3.8, 4) is 0 Å². The molecular weight excluding hydrogens is 224 g/mol. The molecule has 0 spiro atoms. The zero-order valence-corrected chi connectivity index (χ0v) is 9.25. The van der Waals surface area contributed by atoms with Crippen molar-refractivity contribution in [2.24, 2.45) is 10.9 Å². The summed E-state index contributed by atoms with van der Waals surface area (Å²) in [6.45, 7) is 1.81. The summed E-state index contributed by atoms with van der Waals surface area (Å²) in [5, 5.41) is 3.44. The Bertz CT molecular complexity index is 426. The Hall–Kier alpha value is -2.37. The van der Waals surface area contributed by atoms with E-state index in [-0.39, 0.29) is 12.4 Å². The Morgan fingerprint density at radius 1 is 1.41 bits per heavy atom. The highest BCUT2D eigenvalue weighted by Gasteiger charge is 2.01. The fourth-order valence-electron chi connectivity index (χ4n) is 1.07. The molecule has 0 aliphatic heterocycles. The quantitative estimate of drug-likeness (QED) is 0.265. The Morgan fingerprint density at radius 3 is 2.59 bits per heavy atom. The maximum atomic E-state index is 10.5. The van der Waals surface area contributed by atoms with Crippen LogP contribution in [0, 0.1) is 0 Å². The molecule has 6 heteroatoms. The molecule has 6 nitrogen and oxygen atoms in total. The van der Waals surface area contributed by atoms with Crippen LogP contribution in [0.15, 0.2) is 29.4 Å². The summed E-state index contributed by atoms with van der Waals surface area (Å²) < 4.78 is 4.59. The molecule has 0 amide bonds. The Balaban J connectivity index is 2.69. The van der Waals surface area contributed by atoms with Gasteiger partial charge in [0.1, 0.15) is 6.61 Å². The van der Waals surface area contributed by atoms with Crippen LogP contribution in [-0.4, -0.2) is 18.3 Å². The average Bonchev–Trinajstić information content (AvgIpc) is 2.34. The number of carbonyl (C=O) groups excluding carboxylic acids is 2. The Kier molecular flexibility index (Phi) is 4.68. The van der Waals surface area contributed by atoms with Gasteiger partial charge in [-0.1, -0.05) is 29.4 Å². The first-order chi connectivity index (χ1) is 8.13. The molecule has 0 aliphatic carbocycles. The van der Waals surface area contributed by atoms with Crippen molar-refractivity contribution in [3.63, 3.8) is 0 Å². The van der Waals surface area contributed by atoms with Gasteiger partial charge in [0.15, 0.2) is 5.84 Å². The van der Waals surface area contributed by atoms with E-state index in [0.717, 1.165) is 5.56 Å². The fraction of sp³-hybridized carbons (Fsp3) is 0.182. The zero-order valence-electron chi connectivity index (χ0n) is 9.25. The first-order valence-electron chi connectivity index (χ1n) is 4.79. The molecule has 0 saturated carbocycles. The third-order valence-electron chi connectivity index (χ3n) is 1.84. The van der Waals surface area contributed by atoms with E-state index in [9.17, 15) is 9.59 Å². The van der Waals surface area contributed by atoms with Gasteiger partial charge in [-0.25, -0.2) is 4.79 Å². The molecule has 0 radical (unpaired) electrons. The number of nitrogens with zero attached hydrogens (tertiary/aromatic N) is 1. The standard InChI is InChI=1S/C11H12N2O4/c1-8(15)17-13-11(12)10-4-2-9(3-5-10)6-16-7-14/h2-5,7H,6H2,1H3,(H2,12,13). The molecule has 90 valence electrons. The predicted octanol–water partition coefficient (Wildman–Crippen LogP) is 0.543. The molecule has 17 heavy (non-hydrogen) atoms. The highest BCUT2D eigenvalue weighted by molar-refractivity contribution is 5.97. The molecular formula is C11H12N2O4. The summed E-state index contributed by atoms with van der Waals surface area (Å²) in [7, 11) is 0. The van der Waals surface area contributed by atoms with E-state index in [0.29, 0.717) is 12.0 Å². The predicted molar refractivity (Wildman–Crippen MR) is 59.8 cm³/mol. The molecule has 0 aromatic heterocycles. The molecule has 0 fully saturated rings. The molecule has 0 aliphatic rings. The molecule has 1 aromatic rings. The second-order valence-corrected chi connectivity index (χ2v) is 3.16. The third kappa shape index (κ3) is 4.33. The summed E-state index contributed by atoms with van der Waals surface area (Å²) in [5.74, 6) is -0.438. The van der Waals surface area contributed by atoms with Crippen LogP contribution in [0.25, 0.3) is 0 Å². The van der Waals surface area contributed by atoms with E-state index in [4.69, 9.17) is 5.73 Å². The van der Waals surface area contributed by atoms with Crippen LogP contribution in [-0.2, 0) is 25.8 Å². The Morgan fingerprint density at radius 2 is 2.06 bits per heavy atom. The van der Waals surface area contributed by atoms with Gasteiger partial charge >= 0.3 is 5.97 Å². The topological polar surface area (TPSA) is 91.0 Å². The van der Waals surface area contributed by atoms with Gasteiger partial charge in [0.05, 0.1) is 0 Å². The lowest BCUT2D eigenvalue weighted by molar-refractivity contribution is -0.141. The van der Waals surface area contributed by atoms with Crippen LogP contribution in [0.2, 0.25) is 0 Å². The van der Waals surface area contributed by atoms with Gasteiger partial charge in [-0.3, -0.25) is 4.79 Å². The first-order valence-corrected chi connectivity index (χ1v) is 4.79. The summed E-state index contributed by atoms with van der Waals surface area (Å²) >= 11 is 0. The van der Waals surface area contributed by atoms with Crippen molar-refractivity contribution in [1.82, 2.24) is 0 Å². The number of ether oxygens (including phenoxy) is 1. The van der Waals surface area contributed by atoms with Crippen LogP contribution >= 0.6 is 0 Å². The van der Waals surface area contributed by atoms with Gasteiger partial charge in [0.25, 0.3) is 6.47 Å². The van der Waals surface area contributed by atoms with Gasteiger partial charge in [-0.05, 0) is 5.56 Å². The number of rotatable bonds is 5. The monoisotopic (exact) mass is 236 g/mol.